The Morgan fingerprint density at radius 2 is 1.53 bits per heavy atom. The molecule has 2 aliphatic heterocycles. The molecule has 0 atom stereocenters. The van der Waals surface area contributed by atoms with E-state index in [-0.39, 0.29) is 12.1 Å². The van der Waals surface area contributed by atoms with Crippen LogP contribution in [0.1, 0.15) is 12.8 Å². The van der Waals surface area contributed by atoms with Crippen LogP contribution in [0, 0.1) is 0 Å². The first-order valence-electron chi connectivity index (χ1n) is 5.93. The number of aliphatic hydroxyl groups is 1. The summed E-state index contributed by atoms with van der Waals surface area (Å²) in [6.45, 7) is 1.46. The van der Waals surface area contributed by atoms with E-state index in [4.69, 9.17) is 15.6 Å². The molecule has 2 heterocycles. The number of rotatable bonds is 3. The number of ether oxygens (including phenoxy) is 1. The van der Waals surface area contributed by atoms with Gasteiger partial charge in [0.25, 0.3) is 0 Å². The van der Waals surface area contributed by atoms with Gasteiger partial charge in [0, 0.05) is 43.6 Å². The molecule has 0 unspecified atom stereocenters. The van der Waals surface area contributed by atoms with E-state index in [1.54, 1.807) is 0 Å². The number of amides is 2. The quantitative estimate of drug-likeness (QED) is 0.663. The molecule has 1 fully saturated rings. The fourth-order valence-corrected chi connectivity index (χ4v) is 1.48. The molecule has 0 radical (unpaired) electrons. The Labute approximate surface area is 111 Å². The van der Waals surface area contributed by atoms with Crippen molar-refractivity contribution in [3.63, 3.8) is 0 Å². The molecule has 0 bridgehead atoms. The highest BCUT2D eigenvalue weighted by Gasteiger charge is 2.26. The summed E-state index contributed by atoms with van der Waals surface area (Å²) in [7, 11) is 0. The highest BCUT2D eigenvalue weighted by molar-refractivity contribution is 5.55. The minimum Gasteiger partial charge on any atom is -0.394 e. The Bertz CT molecular complexity index is 317. The molecule has 0 aromatic rings. The average Bonchev–Trinajstić information content (AvgIpc) is 2.49. The maximum Gasteiger partial charge on any atom is 0.217 e. The van der Waals surface area contributed by atoms with E-state index in [0.717, 1.165) is 12.8 Å². The van der Waals surface area contributed by atoms with Gasteiger partial charge in [0.1, 0.15) is 0 Å². The SMILES string of the molecule is NC1(CO)CCOCC1.O=CN1C=CN(C=O)C=C1. The maximum atomic E-state index is 10.1. The van der Waals surface area contributed by atoms with Crippen LogP contribution in [0.25, 0.3) is 0 Å². The van der Waals surface area contributed by atoms with Crippen molar-refractivity contribution in [1.82, 2.24) is 9.80 Å². The summed E-state index contributed by atoms with van der Waals surface area (Å²) in [5, 5.41) is 8.77. The second-order valence-electron chi connectivity index (χ2n) is 4.33. The van der Waals surface area contributed by atoms with Crippen LogP contribution in [0.2, 0.25) is 0 Å². The van der Waals surface area contributed by atoms with Crippen LogP contribution in [0.4, 0.5) is 0 Å². The van der Waals surface area contributed by atoms with E-state index in [2.05, 4.69) is 0 Å². The van der Waals surface area contributed by atoms with E-state index in [9.17, 15) is 9.59 Å². The van der Waals surface area contributed by atoms with Gasteiger partial charge in [0.15, 0.2) is 0 Å². The number of hydrogen-bond acceptors (Lipinski definition) is 5. The van der Waals surface area contributed by atoms with Gasteiger partial charge in [-0.15, -0.1) is 0 Å². The van der Waals surface area contributed by atoms with Gasteiger partial charge < -0.3 is 15.6 Å². The maximum absolute atomic E-state index is 10.1. The second kappa shape index (κ2) is 7.67. The minimum absolute atomic E-state index is 0.0797. The van der Waals surface area contributed by atoms with Crippen molar-refractivity contribution in [3.05, 3.63) is 24.8 Å². The highest BCUT2D eigenvalue weighted by atomic mass is 16.5. The third-order valence-electron chi connectivity index (χ3n) is 2.87. The van der Waals surface area contributed by atoms with E-state index in [1.165, 1.54) is 34.6 Å². The average molecular weight is 269 g/mol. The van der Waals surface area contributed by atoms with Crippen LogP contribution in [0.3, 0.4) is 0 Å². The number of nitrogens with zero attached hydrogens (tertiary/aromatic N) is 2. The molecule has 2 rings (SSSR count). The second-order valence-corrected chi connectivity index (χ2v) is 4.33. The van der Waals surface area contributed by atoms with Crippen LogP contribution in [-0.2, 0) is 14.3 Å². The molecular weight excluding hydrogens is 250 g/mol. The first kappa shape index (κ1) is 15.4. The molecular formula is C12H19N3O4. The Kier molecular flexibility index (Phi) is 6.20. The number of nitrogens with two attached hydrogens (primary N) is 1. The van der Waals surface area contributed by atoms with Gasteiger partial charge in [0.2, 0.25) is 12.8 Å². The van der Waals surface area contributed by atoms with Crippen molar-refractivity contribution < 1.29 is 19.4 Å². The number of carbonyl (C=O) groups is 2. The van der Waals surface area contributed by atoms with Gasteiger partial charge in [-0.2, -0.15) is 0 Å². The standard InChI is InChI=1S/C6H6N2O2.C6H13NO2/c9-5-7-1-2-8(6-10)4-3-7;7-6(5-8)1-3-9-4-2-6/h1-6H;8H,1-5,7H2. The first-order valence-corrected chi connectivity index (χ1v) is 5.93. The van der Waals surface area contributed by atoms with E-state index < -0.39 is 0 Å². The summed E-state index contributed by atoms with van der Waals surface area (Å²) >= 11 is 0. The van der Waals surface area contributed by atoms with Crippen molar-refractivity contribution >= 4 is 12.8 Å². The zero-order valence-electron chi connectivity index (χ0n) is 10.6. The molecule has 7 nitrogen and oxygen atoms in total. The third-order valence-corrected chi connectivity index (χ3v) is 2.87. The van der Waals surface area contributed by atoms with E-state index in [1.807, 2.05) is 0 Å². The summed E-state index contributed by atoms with van der Waals surface area (Å²) in [4.78, 5) is 22.8. The normalized spacial score (nSPS) is 20.5. The molecule has 0 saturated carbocycles. The lowest BCUT2D eigenvalue weighted by atomic mass is 9.93. The van der Waals surface area contributed by atoms with E-state index in [0.29, 0.717) is 26.0 Å². The van der Waals surface area contributed by atoms with Gasteiger partial charge in [-0.25, -0.2) is 0 Å². The van der Waals surface area contributed by atoms with Gasteiger partial charge >= 0.3 is 0 Å². The zero-order valence-corrected chi connectivity index (χ0v) is 10.6. The molecule has 106 valence electrons. The van der Waals surface area contributed by atoms with Crippen LogP contribution in [0.5, 0.6) is 0 Å². The Morgan fingerprint density at radius 3 is 1.79 bits per heavy atom. The Hall–Kier alpha value is -1.70. The summed E-state index contributed by atoms with van der Waals surface area (Å²) in [5.41, 5.74) is 5.38. The molecule has 3 N–H and O–H groups in total. The lowest BCUT2D eigenvalue weighted by Gasteiger charge is -2.30. The lowest BCUT2D eigenvalue weighted by Crippen LogP contribution is -2.48. The van der Waals surface area contributed by atoms with Gasteiger partial charge in [0.05, 0.1) is 6.61 Å². The van der Waals surface area contributed by atoms with E-state index >= 15 is 0 Å². The van der Waals surface area contributed by atoms with Gasteiger partial charge in [-0.05, 0) is 12.8 Å². The summed E-state index contributed by atoms with van der Waals surface area (Å²) < 4.78 is 5.08. The highest BCUT2D eigenvalue weighted by Crippen LogP contribution is 2.15. The third kappa shape index (κ3) is 5.21. The first-order chi connectivity index (χ1) is 9.13. The molecule has 0 aliphatic carbocycles. The topological polar surface area (TPSA) is 96.1 Å². The summed E-state index contributed by atoms with van der Waals surface area (Å²) in [6, 6.07) is 0. The molecule has 2 aliphatic rings. The Morgan fingerprint density at radius 1 is 1.11 bits per heavy atom. The Balaban J connectivity index is 0.000000191. The van der Waals surface area contributed by atoms with Gasteiger partial charge in [-0.1, -0.05) is 0 Å². The molecule has 7 heteroatoms. The number of aliphatic hydroxyl groups excluding tert-OH is 1. The lowest BCUT2D eigenvalue weighted by molar-refractivity contribution is -0.116. The van der Waals surface area contributed by atoms with Crippen LogP contribution in [-0.4, -0.2) is 53.1 Å². The largest absolute Gasteiger partial charge is 0.394 e. The van der Waals surface area contributed by atoms with Crippen molar-refractivity contribution in [2.24, 2.45) is 5.73 Å². The van der Waals surface area contributed by atoms with Crippen molar-refractivity contribution in [3.8, 4) is 0 Å². The molecule has 0 spiro atoms. The molecule has 19 heavy (non-hydrogen) atoms. The van der Waals surface area contributed by atoms with Crippen LogP contribution >= 0.6 is 0 Å². The predicted octanol–water partition coefficient (Wildman–Crippen LogP) is -0.654. The monoisotopic (exact) mass is 269 g/mol. The minimum atomic E-state index is -0.349. The fourth-order valence-electron chi connectivity index (χ4n) is 1.48. The molecule has 2 amide bonds. The van der Waals surface area contributed by atoms with Gasteiger partial charge in [-0.3, -0.25) is 19.4 Å². The van der Waals surface area contributed by atoms with Crippen LogP contribution < -0.4 is 5.73 Å². The molecule has 0 aromatic carbocycles. The van der Waals surface area contributed by atoms with Crippen LogP contribution in [0.15, 0.2) is 24.8 Å². The number of carbonyl (C=O) groups excluding carboxylic acids is 2. The summed E-state index contributed by atoms with van der Waals surface area (Å²) in [6.07, 6.45) is 8.81. The number of hydrogen-bond donors (Lipinski definition) is 2. The van der Waals surface area contributed by atoms with Crippen molar-refractivity contribution in [2.45, 2.75) is 18.4 Å². The van der Waals surface area contributed by atoms with Crippen molar-refractivity contribution in [1.29, 1.82) is 0 Å². The van der Waals surface area contributed by atoms with Crippen molar-refractivity contribution in [2.75, 3.05) is 19.8 Å². The fraction of sp³-hybridized carbons (Fsp3) is 0.500. The smallest absolute Gasteiger partial charge is 0.217 e. The predicted molar refractivity (Wildman–Crippen MR) is 68.1 cm³/mol. The zero-order chi connectivity index (χ0) is 14.1. The summed E-state index contributed by atoms with van der Waals surface area (Å²) in [5.74, 6) is 0. The molecule has 0 aromatic heterocycles. The molecule has 1 saturated heterocycles.